The molecule has 0 aromatic heterocycles. The second-order valence-corrected chi connectivity index (χ2v) is 4.79. The first kappa shape index (κ1) is 13.7. The van der Waals surface area contributed by atoms with Gasteiger partial charge < -0.3 is 4.90 Å². The van der Waals surface area contributed by atoms with Gasteiger partial charge in [-0.05, 0) is 13.3 Å². The van der Waals surface area contributed by atoms with Crippen molar-refractivity contribution in [3.8, 4) is 0 Å². The molecule has 1 aliphatic heterocycles. The minimum Gasteiger partial charge on any atom is -0.308 e. The molecule has 1 saturated heterocycles. The number of nitrogens with one attached hydrogen (secondary N) is 2. The van der Waals surface area contributed by atoms with Crippen LogP contribution in [-0.2, 0) is 0 Å². The van der Waals surface area contributed by atoms with Crippen molar-refractivity contribution >= 4 is 11.9 Å². The van der Waals surface area contributed by atoms with E-state index in [1.54, 1.807) is 11.0 Å². The lowest BCUT2D eigenvalue weighted by Gasteiger charge is -2.32. The molecule has 1 heterocycles. The van der Waals surface area contributed by atoms with Gasteiger partial charge in [-0.2, -0.15) is 0 Å². The van der Waals surface area contributed by atoms with Crippen molar-refractivity contribution in [2.75, 3.05) is 6.54 Å². The number of urea groups is 1. The van der Waals surface area contributed by atoms with Gasteiger partial charge in [-0.1, -0.05) is 38.7 Å². The minimum atomic E-state index is -0.473. The Morgan fingerprint density at radius 1 is 1.47 bits per heavy atom. The fourth-order valence-electron chi connectivity index (χ4n) is 2.24. The van der Waals surface area contributed by atoms with Crippen LogP contribution in [0, 0.1) is 5.41 Å². The second kappa shape index (κ2) is 5.84. The van der Waals surface area contributed by atoms with Crippen molar-refractivity contribution in [3.63, 3.8) is 0 Å². The number of rotatable bonds is 7. The van der Waals surface area contributed by atoms with E-state index in [1.165, 1.54) is 12.8 Å². The van der Waals surface area contributed by atoms with Gasteiger partial charge in [0.05, 0.1) is 5.54 Å². The van der Waals surface area contributed by atoms with Gasteiger partial charge in [0.15, 0.2) is 0 Å². The fraction of sp³-hybridized carbons (Fsp3) is 0.692. The van der Waals surface area contributed by atoms with E-state index in [4.69, 9.17) is 5.41 Å². The van der Waals surface area contributed by atoms with E-state index in [0.29, 0.717) is 12.4 Å². The zero-order valence-corrected chi connectivity index (χ0v) is 10.9. The molecule has 2 N–H and O–H groups in total. The van der Waals surface area contributed by atoms with Crippen LogP contribution >= 0.6 is 0 Å². The topological polar surface area (TPSA) is 56.2 Å². The summed E-state index contributed by atoms with van der Waals surface area (Å²) in [5, 5.41) is 10.5. The molecule has 1 unspecified atom stereocenters. The Morgan fingerprint density at radius 3 is 2.76 bits per heavy atom. The summed E-state index contributed by atoms with van der Waals surface area (Å²) in [5.41, 5.74) is -0.473. The minimum absolute atomic E-state index is 0.173. The summed E-state index contributed by atoms with van der Waals surface area (Å²) in [6.45, 7) is 8.30. The number of amides is 2. The van der Waals surface area contributed by atoms with Crippen LogP contribution in [0.15, 0.2) is 12.7 Å². The Balaban J connectivity index is 2.64. The zero-order valence-electron chi connectivity index (χ0n) is 10.9. The maximum Gasteiger partial charge on any atom is 0.323 e. The van der Waals surface area contributed by atoms with Gasteiger partial charge in [-0.3, -0.25) is 10.7 Å². The standard InChI is InChI=1S/C13H23N3O/c1-4-6-7-8-9-13(3)11(14)15-12(17)16(13)10-5-2/h5H,2,4,6-10H2,1,3H3,(H2,14,15,17). The van der Waals surface area contributed by atoms with Crippen molar-refractivity contribution in [2.45, 2.75) is 51.5 Å². The van der Waals surface area contributed by atoms with Gasteiger partial charge in [0, 0.05) is 6.54 Å². The molecule has 17 heavy (non-hydrogen) atoms. The first-order chi connectivity index (χ1) is 8.06. The number of amidine groups is 1. The molecule has 2 amide bonds. The molecule has 1 atom stereocenters. The molecule has 0 aromatic carbocycles. The van der Waals surface area contributed by atoms with Gasteiger partial charge in [-0.15, -0.1) is 6.58 Å². The predicted molar refractivity (Wildman–Crippen MR) is 70.3 cm³/mol. The predicted octanol–water partition coefficient (Wildman–Crippen LogP) is 2.90. The van der Waals surface area contributed by atoms with Crippen LogP contribution < -0.4 is 5.32 Å². The Labute approximate surface area is 104 Å². The Bertz CT molecular complexity index is 314. The lowest BCUT2D eigenvalue weighted by atomic mass is 9.92. The number of carbonyl (C=O) groups excluding carboxylic acids is 1. The number of nitrogens with zero attached hydrogens (tertiary/aromatic N) is 1. The highest BCUT2D eigenvalue weighted by molar-refractivity contribution is 6.08. The molecule has 0 aliphatic carbocycles. The Kier molecular flexibility index (Phi) is 4.73. The van der Waals surface area contributed by atoms with E-state index >= 15 is 0 Å². The third kappa shape index (κ3) is 2.87. The Hall–Kier alpha value is -1.32. The molecule has 0 aromatic rings. The van der Waals surface area contributed by atoms with Gasteiger partial charge >= 0.3 is 6.03 Å². The summed E-state index contributed by atoms with van der Waals surface area (Å²) in [4.78, 5) is 13.4. The van der Waals surface area contributed by atoms with Crippen LogP contribution in [0.1, 0.15) is 46.0 Å². The largest absolute Gasteiger partial charge is 0.323 e. The first-order valence-electron chi connectivity index (χ1n) is 6.34. The zero-order chi connectivity index (χ0) is 12.9. The molecule has 0 saturated carbocycles. The van der Waals surface area contributed by atoms with Gasteiger partial charge in [-0.25, -0.2) is 4.79 Å². The lowest BCUT2D eigenvalue weighted by molar-refractivity contribution is 0.183. The van der Waals surface area contributed by atoms with Crippen LogP contribution in [0.4, 0.5) is 4.79 Å². The first-order valence-corrected chi connectivity index (χ1v) is 6.34. The molecule has 0 spiro atoms. The van der Waals surface area contributed by atoms with Crippen LogP contribution in [0.5, 0.6) is 0 Å². The van der Waals surface area contributed by atoms with Gasteiger partial charge in [0.25, 0.3) is 0 Å². The fourth-order valence-corrected chi connectivity index (χ4v) is 2.24. The van der Waals surface area contributed by atoms with Gasteiger partial charge in [0.1, 0.15) is 5.84 Å². The maximum absolute atomic E-state index is 11.7. The summed E-state index contributed by atoms with van der Waals surface area (Å²) in [5.74, 6) is 0.320. The van der Waals surface area contributed by atoms with E-state index in [1.807, 2.05) is 6.92 Å². The van der Waals surface area contributed by atoms with E-state index in [-0.39, 0.29) is 6.03 Å². The summed E-state index contributed by atoms with van der Waals surface area (Å²) in [7, 11) is 0. The third-order valence-electron chi connectivity index (χ3n) is 3.44. The third-order valence-corrected chi connectivity index (χ3v) is 3.44. The monoisotopic (exact) mass is 237 g/mol. The number of hydrogen-bond acceptors (Lipinski definition) is 2. The lowest BCUT2D eigenvalue weighted by Crippen LogP contribution is -2.46. The van der Waals surface area contributed by atoms with Crippen molar-refractivity contribution in [3.05, 3.63) is 12.7 Å². The van der Waals surface area contributed by atoms with Crippen LogP contribution in [-0.4, -0.2) is 28.9 Å². The van der Waals surface area contributed by atoms with Crippen molar-refractivity contribution in [1.29, 1.82) is 5.41 Å². The van der Waals surface area contributed by atoms with Gasteiger partial charge in [0.2, 0.25) is 0 Å². The molecule has 1 rings (SSSR count). The SMILES string of the molecule is C=CCN1C(=O)NC(=N)C1(C)CCCCCC. The molecule has 1 aliphatic rings. The molecular formula is C13H23N3O. The summed E-state index contributed by atoms with van der Waals surface area (Å²) in [6, 6.07) is -0.173. The molecule has 1 fully saturated rings. The molecule has 0 radical (unpaired) electrons. The van der Waals surface area contributed by atoms with E-state index in [0.717, 1.165) is 19.3 Å². The van der Waals surface area contributed by atoms with Crippen molar-refractivity contribution in [1.82, 2.24) is 10.2 Å². The smallest absolute Gasteiger partial charge is 0.308 e. The van der Waals surface area contributed by atoms with Crippen molar-refractivity contribution < 1.29 is 4.79 Å². The molecular weight excluding hydrogens is 214 g/mol. The van der Waals surface area contributed by atoms with E-state index < -0.39 is 5.54 Å². The quantitative estimate of drug-likeness (QED) is 0.519. The average molecular weight is 237 g/mol. The van der Waals surface area contributed by atoms with Crippen LogP contribution in [0.3, 0.4) is 0 Å². The van der Waals surface area contributed by atoms with Crippen molar-refractivity contribution in [2.24, 2.45) is 0 Å². The van der Waals surface area contributed by atoms with E-state index in [9.17, 15) is 4.79 Å². The molecule has 0 bridgehead atoms. The molecule has 96 valence electrons. The second-order valence-electron chi connectivity index (χ2n) is 4.79. The summed E-state index contributed by atoms with van der Waals surface area (Å²) >= 11 is 0. The highest BCUT2D eigenvalue weighted by atomic mass is 16.2. The molecule has 4 nitrogen and oxygen atoms in total. The summed E-state index contributed by atoms with van der Waals surface area (Å²) < 4.78 is 0. The Morgan fingerprint density at radius 2 is 2.18 bits per heavy atom. The average Bonchev–Trinajstić information content (AvgIpc) is 2.50. The van der Waals surface area contributed by atoms with Crippen LogP contribution in [0.2, 0.25) is 0 Å². The number of carbonyl (C=O) groups is 1. The van der Waals surface area contributed by atoms with Crippen LogP contribution in [0.25, 0.3) is 0 Å². The normalized spacial score (nSPS) is 24.0. The highest BCUT2D eigenvalue weighted by Crippen LogP contribution is 2.27. The number of hydrogen-bond donors (Lipinski definition) is 2. The number of unbranched alkanes of at least 4 members (excludes halogenated alkanes) is 3. The maximum atomic E-state index is 11.7. The molecule has 4 heteroatoms. The highest BCUT2D eigenvalue weighted by Gasteiger charge is 2.45. The summed E-state index contributed by atoms with van der Waals surface area (Å²) in [6.07, 6.45) is 7.18. The van der Waals surface area contributed by atoms with E-state index in [2.05, 4.69) is 18.8 Å².